The van der Waals surface area contributed by atoms with Gasteiger partial charge in [0, 0.05) is 24.2 Å². The molecule has 1 aliphatic carbocycles. The van der Waals surface area contributed by atoms with Crippen molar-refractivity contribution in [2.24, 2.45) is 7.05 Å². The highest BCUT2D eigenvalue weighted by molar-refractivity contribution is 7.10. The monoisotopic (exact) mass is 344 g/mol. The molecule has 0 fully saturated rings. The zero-order valence-corrected chi connectivity index (χ0v) is 15.3. The Balaban J connectivity index is 1.75. The number of amides is 1. The highest BCUT2D eigenvalue weighted by atomic mass is 32.1. The minimum Gasteiger partial charge on any atom is -0.348 e. The Hall–Kier alpha value is -1.88. The number of aromatic nitrogens is 1. The van der Waals surface area contributed by atoms with Crippen LogP contribution in [0, 0.1) is 0 Å². The first-order valence-electron chi connectivity index (χ1n) is 8.55. The van der Waals surface area contributed by atoms with Gasteiger partial charge in [0.1, 0.15) is 5.56 Å². The summed E-state index contributed by atoms with van der Waals surface area (Å²) >= 11 is 1.79. The molecule has 0 saturated heterocycles. The third-order valence-corrected chi connectivity index (χ3v) is 5.90. The number of carbonyl (C=O) groups excluding carboxylic acids is 1. The van der Waals surface area contributed by atoms with Gasteiger partial charge in [-0.05, 0) is 60.2 Å². The standard InChI is InChI=1S/C19H24N2O2S/c1-12(2)16-9-8-15(19(23)21(16)3)18(22)20-10-13-11-24-17-7-5-4-6-14(13)17/h8-9,11-12H,4-7,10H2,1-3H3,(H,20,22). The topological polar surface area (TPSA) is 51.1 Å². The summed E-state index contributed by atoms with van der Waals surface area (Å²) in [6.45, 7) is 4.57. The molecule has 2 aromatic heterocycles. The highest BCUT2D eigenvalue weighted by Crippen LogP contribution is 2.30. The van der Waals surface area contributed by atoms with Crippen molar-refractivity contribution in [3.63, 3.8) is 0 Å². The van der Waals surface area contributed by atoms with Gasteiger partial charge in [-0.2, -0.15) is 0 Å². The molecule has 0 atom stereocenters. The fourth-order valence-electron chi connectivity index (χ4n) is 3.38. The van der Waals surface area contributed by atoms with Crippen LogP contribution in [0.2, 0.25) is 0 Å². The van der Waals surface area contributed by atoms with Crippen molar-refractivity contribution in [1.29, 1.82) is 0 Å². The summed E-state index contributed by atoms with van der Waals surface area (Å²) in [6.07, 6.45) is 4.75. The van der Waals surface area contributed by atoms with E-state index in [0.29, 0.717) is 6.54 Å². The van der Waals surface area contributed by atoms with Gasteiger partial charge in [-0.25, -0.2) is 0 Å². The molecule has 5 heteroatoms. The summed E-state index contributed by atoms with van der Waals surface area (Å²) in [4.78, 5) is 26.3. The summed E-state index contributed by atoms with van der Waals surface area (Å²) in [6, 6.07) is 3.52. The Morgan fingerprint density at radius 1 is 1.29 bits per heavy atom. The van der Waals surface area contributed by atoms with Crippen LogP contribution in [0.5, 0.6) is 0 Å². The van der Waals surface area contributed by atoms with Crippen molar-refractivity contribution >= 4 is 17.2 Å². The molecule has 2 heterocycles. The Kier molecular flexibility index (Phi) is 4.90. The number of hydrogen-bond acceptors (Lipinski definition) is 3. The summed E-state index contributed by atoms with van der Waals surface area (Å²) in [5.74, 6) is -0.0428. The van der Waals surface area contributed by atoms with Crippen molar-refractivity contribution in [2.75, 3.05) is 0 Å². The van der Waals surface area contributed by atoms with E-state index in [2.05, 4.69) is 10.7 Å². The number of hydrogen-bond donors (Lipinski definition) is 1. The van der Waals surface area contributed by atoms with Crippen molar-refractivity contribution in [2.45, 2.75) is 52.0 Å². The first-order chi connectivity index (χ1) is 11.5. The zero-order valence-electron chi connectivity index (χ0n) is 14.5. The van der Waals surface area contributed by atoms with Gasteiger partial charge < -0.3 is 9.88 Å². The van der Waals surface area contributed by atoms with E-state index in [1.54, 1.807) is 29.0 Å². The van der Waals surface area contributed by atoms with Gasteiger partial charge in [-0.1, -0.05) is 13.8 Å². The molecule has 1 aliphatic rings. The molecule has 3 rings (SSSR count). The zero-order chi connectivity index (χ0) is 17.3. The molecule has 0 bridgehead atoms. The highest BCUT2D eigenvalue weighted by Gasteiger charge is 2.18. The fourth-order valence-corrected chi connectivity index (χ4v) is 4.53. The van der Waals surface area contributed by atoms with E-state index in [1.165, 1.54) is 28.8 Å². The number of aryl methyl sites for hydroxylation is 1. The Morgan fingerprint density at radius 2 is 2.04 bits per heavy atom. The van der Waals surface area contributed by atoms with Crippen LogP contribution in [-0.2, 0) is 26.4 Å². The minimum atomic E-state index is -0.290. The summed E-state index contributed by atoms with van der Waals surface area (Å²) in [7, 11) is 1.73. The maximum absolute atomic E-state index is 12.4. The van der Waals surface area contributed by atoms with Crippen molar-refractivity contribution in [1.82, 2.24) is 9.88 Å². The number of carbonyl (C=O) groups is 1. The summed E-state index contributed by atoms with van der Waals surface area (Å²) in [5.41, 5.74) is 3.54. The number of rotatable bonds is 4. The Labute approximate surface area is 146 Å². The first-order valence-corrected chi connectivity index (χ1v) is 9.43. The molecule has 1 N–H and O–H groups in total. The predicted molar refractivity (Wildman–Crippen MR) is 97.9 cm³/mol. The van der Waals surface area contributed by atoms with Crippen molar-refractivity contribution < 1.29 is 4.79 Å². The third-order valence-electron chi connectivity index (χ3n) is 4.77. The van der Waals surface area contributed by atoms with Gasteiger partial charge in [0.2, 0.25) is 0 Å². The first kappa shape index (κ1) is 17.0. The molecule has 0 radical (unpaired) electrons. The van der Waals surface area contributed by atoms with Crippen LogP contribution in [-0.4, -0.2) is 10.5 Å². The van der Waals surface area contributed by atoms with Crippen molar-refractivity contribution in [3.8, 4) is 0 Å². The van der Waals surface area contributed by atoms with E-state index in [9.17, 15) is 9.59 Å². The largest absolute Gasteiger partial charge is 0.348 e. The summed E-state index contributed by atoms with van der Waals surface area (Å²) < 4.78 is 1.58. The second kappa shape index (κ2) is 6.93. The van der Waals surface area contributed by atoms with E-state index in [1.807, 2.05) is 19.9 Å². The van der Waals surface area contributed by atoms with Crippen LogP contribution in [0.3, 0.4) is 0 Å². The Bertz CT molecular complexity index is 817. The smallest absolute Gasteiger partial charge is 0.263 e. The van der Waals surface area contributed by atoms with Crippen LogP contribution < -0.4 is 10.9 Å². The van der Waals surface area contributed by atoms with Crippen LogP contribution in [0.25, 0.3) is 0 Å². The molecule has 0 unspecified atom stereocenters. The van der Waals surface area contributed by atoms with Gasteiger partial charge in [0.25, 0.3) is 11.5 Å². The van der Waals surface area contributed by atoms with Crippen LogP contribution in [0.15, 0.2) is 22.3 Å². The van der Waals surface area contributed by atoms with Gasteiger partial charge >= 0.3 is 0 Å². The molecule has 24 heavy (non-hydrogen) atoms. The van der Waals surface area contributed by atoms with E-state index in [0.717, 1.165) is 18.5 Å². The normalized spacial score (nSPS) is 13.8. The number of pyridine rings is 1. The maximum Gasteiger partial charge on any atom is 0.263 e. The lowest BCUT2D eigenvalue weighted by molar-refractivity contribution is 0.0948. The molecule has 2 aromatic rings. The molecule has 0 saturated carbocycles. The average molecular weight is 344 g/mol. The lowest BCUT2D eigenvalue weighted by Crippen LogP contribution is -2.33. The van der Waals surface area contributed by atoms with Gasteiger partial charge in [-0.3, -0.25) is 9.59 Å². The predicted octanol–water partition coefficient (Wildman–Crippen LogP) is 3.38. The Morgan fingerprint density at radius 3 is 2.79 bits per heavy atom. The lowest BCUT2D eigenvalue weighted by Gasteiger charge is -2.14. The molecular formula is C19H24N2O2S. The lowest BCUT2D eigenvalue weighted by atomic mass is 9.96. The molecule has 0 aliphatic heterocycles. The van der Waals surface area contributed by atoms with Gasteiger partial charge in [0.05, 0.1) is 0 Å². The van der Waals surface area contributed by atoms with E-state index >= 15 is 0 Å². The third kappa shape index (κ3) is 3.18. The van der Waals surface area contributed by atoms with Crippen LogP contribution >= 0.6 is 11.3 Å². The van der Waals surface area contributed by atoms with E-state index in [-0.39, 0.29) is 22.9 Å². The number of nitrogens with one attached hydrogen (secondary N) is 1. The fraction of sp³-hybridized carbons (Fsp3) is 0.474. The van der Waals surface area contributed by atoms with Crippen molar-refractivity contribution in [3.05, 3.63) is 55.1 Å². The number of nitrogens with zero attached hydrogens (tertiary/aromatic N) is 1. The van der Waals surface area contributed by atoms with E-state index in [4.69, 9.17) is 0 Å². The number of thiophene rings is 1. The minimum absolute atomic E-state index is 0.214. The summed E-state index contributed by atoms with van der Waals surface area (Å²) in [5, 5.41) is 5.07. The quantitative estimate of drug-likeness (QED) is 0.924. The van der Waals surface area contributed by atoms with Crippen LogP contribution in [0.4, 0.5) is 0 Å². The average Bonchev–Trinajstić information content (AvgIpc) is 2.98. The van der Waals surface area contributed by atoms with Crippen LogP contribution in [0.1, 0.15) is 64.7 Å². The second-order valence-electron chi connectivity index (χ2n) is 6.74. The maximum atomic E-state index is 12.4. The molecule has 4 nitrogen and oxygen atoms in total. The van der Waals surface area contributed by atoms with Gasteiger partial charge in [0.15, 0.2) is 0 Å². The number of fused-ring (bicyclic) bond motifs is 1. The van der Waals surface area contributed by atoms with E-state index < -0.39 is 0 Å². The second-order valence-corrected chi connectivity index (χ2v) is 7.71. The van der Waals surface area contributed by atoms with Gasteiger partial charge in [-0.15, -0.1) is 11.3 Å². The molecule has 128 valence electrons. The molecule has 0 spiro atoms. The molecular weight excluding hydrogens is 320 g/mol. The molecule has 0 aromatic carbocycles. The SMILES string of the molecule is CC(C)c1ccc(C(=O)NCc2csc3c2CCCC3)c(=O)n1C. The molecule has 1 amide bonds.